The van der Waals surface area contributed by atoms with Crippen molar-refractivity contribution in [2.45, 2.75) is 25.7 Å². The summed E-state index contributed by atoms with van der Waals surface area (Å²) in [6.07, 6.45) is 1.12. The van der Waals surface area contributed by atoms with E-state index in [0.29, 0.717) is 18.4 Å². The minimum atomic E-state index is -0.0278. The number of fused-ring (bicyclic) bond motifs is 1. The Bertz CT molecular complexity index is 510. The van der Waals surface area contributed by atoms with Crippen LogP contribution >= 0.6 is 0 Å². The number of carbonyl (C=O) groups excluding carboxylic acids is 1. The van der Waals surface area contributed by atoms with Gasteiger partial charge in [0, 0.05) is 5.41 Å². The van der Waals surface area contributed by atoms with E-state index in [-0.39, 0.29) is 17.3 Å². The van der Waals surface area contributed by atoms with Crippen LogP contribution < -0.4 is 4.74 Å². The zero-order valence-electron chi connectivity index (χ0n) is 11.7. The van der Waals surface area contributed by atoms with Crippen LogP contribution in [0.5, 0.6) is 5.75 Å². The molecule has 0 aromatic heterocycles. The molecule has 0 spiro atoms. The van der Waals surface area contributed by atoms with Crippen LogP contribution in [0.15, 0.2) is 24.3 Å². The second-order valence-electron chi connectivity index (χ2n) is 5.44. The van der Waals surface area contributed by atoms with Crippen LogP contribution in [0.1, 0.15) is 25.8 Å². The largest absolute Gasteiger partial charge is 0.497 e. The summed E-state index contributed by atoms with van der Waals surface area (Å²) in [5, 5.41) is 0. The number of rotatable bonds is 5. The Morgan fingerprint density at radius 3 is 2.79 bits per heavy atom. The minimum Gasteiger partial charge on any atom is -0.497 e. The highest BCUT2D eigenvalue weighted by atomic mass is 16.5. The minimum absolute atomic E-state index is 0.0278. The Kier molecular flexibility index (Phi) is 2.80. The van der Waals surface area contributed by atoms with Crippen LogP contribution in [0.4, 0.5) is 0 Å². The fourth-order valence-corrected chi connectivity index (χ4v) is 3.94. The van der Waals surface area contributed by atoms with Gasteiger partial charge in [0.1, 0.15) is 5.75 Å². The summed E-state index contributed by atoms with van der Waals surface area (Å²) in [5.74, 6) is 2.03. The van der Waals surface area contributed by atoms with Crippen molar-refractivity contribution in [1.29, 1.82) is 0 Å². The predicted molar refractivity (Wildman–Crippen MR) is 72.1 cm³/mol. The molecule has 2 saturated carbocycles. The van der Waals surface area contributed by atoms with E-state index in [1.807, 2.05) is 19.1 Å². The van der Waals surface area contributed by atoms with Crippen molar-refractivity contribution in [3.63, 3.8) is 0 Å². The molecule has 19 heavy (non-hydrogen) atoms. The molecular formula is C16H20O3. The van der Waals surface area contributed by atoms with Crippen molar-refractivity contribution in [2.75, 3.05) is 13.7 Å². The molecule has 0 heterocycles. The van der Waals surface area contributed by atoms with Gasteiger partial charge in [-0.15, -0.1) is 0 Å². The van der Waals surface area contributed by atoms with Gasteiger partial charge in [-0.1, -0.05) is 25.5 Å². The van der Waals surface area contributed by atoms with Gasteiger partial charge in [0.15, 0.2) is 0 Å². The molecule has 3 nitrogen and oxygen atoms in total. The SMILES string of the molecule is CCOC(=O)[C@@H]1C2[C@@H](CC)C21c1cccc(OC)c1. The summed E-state index contributed by atoms with van der Waals surface area (Å²) in [6.45, 7) is 4.52. The average Bonchev–Trinajstić information content (AvgIpc) is 3.28. The molecular weight excluding hydrogens is 240 g/mol. The third-order valence-corrected chi connectivity index (χ3v) is 4.80. The molecule has 0 saturated heterocycles. The summed E-state index contributed by atoms with van der Waals surface area (Å²) in [4.78, 5) is 12.0. The van der Waals surface area contributed by atoms with E-state index in [1.54, 1.807) is 7.11 Å². The molecule has 0 N–H and O–H groups in total. The third kappa shape index (κ3) is 1.54. The lowest BCUT2D eigenvalue weighted by Gasteiger charge is -2.18. The van der Waals surface area contributed by atoms with Crippen LogP contribution in [0.25, 0.3) is 0 Å². The second-order valence-corrected chi connectivity index (χ2v) is 5.44. The third-order valence-electron chi connectivity index (χ3n) is 4.80. The monoisotopic (exact) mass is 260 g/mol. The Balaban J connectivity index is 1.87. The van der Waals surface area contributed by atoms with E-state index in [2.05, 4.69) is 19.1 Å². The van der Waals surface area contributed by atoms with Gasteiger partial charge in [-0.2, -0.15) is 0 Å². The van der Waals surface area contributed by atoms with Crippen LogP contribution in [0.2, 0.25) is 0 Å². The zero-order valence-corrected chi connectivity index (χ0v) is 11.7. The highest BCUT2D eigenvalue weighted by Gasteiger charge is 2.88. The van der Waals surface area contributed by atoms with Crippen LogP contribution in [-0.2, 0) is 14.9 Å². The lowest BCUT2D eigenvalue weighted by molar-refractivity contribution is -0.146. The maximum atomic E-state index is 12.0. The van der Waals surface area contributed by atoms with Crippen molar-refractivity contribution >= 4 is 5.97 Å². The second kappa shape index (κ2) is 4.26. The summed E-state index contributed by atoms with van der Waals surface area (Å²) in [5.41, 5.74) is 1.29. The molecule has 1 aromatic rings. The van der Waals surface area contributed by atoms with E-state index in [1.165, 1.54) is 5.56 Å². The zero-order chi connectivity index (χ0) is 13.6. The van der Waals surface area contributed by atoms with Crippen LogP contribution in [0, 0.1) is 17.8 Å². The van der Waals surface area contributed by atoms with Crippen molar-refractivity contribution in [3.05, 3.63) is 29.8 Å². The Morgan fingerprint density at radius 1 is 1.37 bits per heavy atom. The number of hydrogen-bond acceptors (Lipinski definition) is 3. The van der Waals surface area contributed by atoms with E-state index in [9.17, 15) is 4.79 Å². The molecule has 1 aromatic carbocycles. The van der Waals surface area contributed by atoms with Gasteiger partial charge in [-0.25, -0.2) is 0 Å². The number of ether oxygens (including phenoxy) is 2. The van der Waals surface area contributed by atoms with E-state index < -0.39 is 0 Å². The molecule has 4 atom stereocenters. The molecule has 2 aliphatic rings. The van der Waals surface area contributed by atoms with Gasteiger partial charge < -0.3 is 9.47 Å². The topological polar surface area (TPSA) is 35.5 Å². The number of hydrogen-bond donors (Lipinski definition) is 0. The first kappa shape index (κ1) is 12.5. The first-order valence-electron chi connectivity index (χ1n) is 7.02. The fourth-order valence-electron chi connectivity index (χ4n) is 3.94. The molecule has 2 fully saturated rings. The number of benzene rings is 1. The van der Waals surface area contributed by atoms with Crippen molar-refractivity contribution in [2.24, 2.45) is 17.8 Å². The standard InChI is InChI=1S/C16H20O3/c1-4-12-13-14(15(17)19-5-2)16(12,13)10-7-6-8-11(9-10)18-3/h6-9,12-14H,4-5H2,1-3H3/t12-,13?,14+,16?/m1/s1. The normalized spacial score (nSPS) is 34.4. The van der Waals surface area contributed by atoms with E-state index >= 15 is 0 Å². The summed E-state index contributed by atoms with van der Waals surface area (Å²) in [6, 6.07) is 8.14. The molecule has 0 aliphatic heterocycles. The fraction of sp³-hybridized carbons (Fsp3) is 0.562. The average molecular weight is 260 g/mol. The number of methoxy groups -OCH3 is 1. The first-order valence-corrected chi connectivity index (χ1v) is 7.02. The molecule has 2 unspecified atom stereocenters. The summed E-state index contributed by atoms with van der Waals surface area (Å²) in [7, 11) is 1.67. The van der Waals surface area contributed by atoms with Crippen molar-refractivity contribution in [1.82, 2.24) is 0 Å². The summed E-state index contributed by atoms with van der Waals surface area (Å²) >= 11 is 0. The lowest BCUT2D eigenvalue weighted by Crippen LogP contribution is -2.22. The van der Waals surface area contributed by atoms with Gasteiger partial charge in [0.05, 0.1) is 19.6 Å². The lowest BCUT2D eigenvalue weighted by atomic mass is 9.88. The number of carbonyl (C=O) groups is 1. The van der Waals surface area contributed by atoms with Crippen molar-refractivity contribution in [3.8, 4) is 5.75 Å². The molecule has 3 rings (SSSR count). The quantitative estimate of drug-likeness (QED) is 0.764. The Labute approximate surface area is 113 Å². The van der Waals surface area contributed by atoms with E-state index in [0.717, 1.165) is 12.2 Å². The van der Waals surface area contributed by atoms with Gasteiger partial charge in [0.2, 0.25) is 0 Å². The van der Waals surface area contributed by atoms with Crippen LogP contribution in [0.3, 0.4) is 0 Å². The number of esters is 1. The highest BCUT2D eigenvalue weighted by Crippen LogP contribution is 2.85. The van der Waals surface area contributed by atoms with Crippen LogP contribution in [-0.4, -0.2) is 19.7 Å². The van der Waals surface area contributed by atoms with Gasteiger partial charge in [0.25, 0.3) is 0 Å². The maximum Gasteiger partial charge on any atom is 0.310 e. The maximum absolute atomic E-state index is 12.0. The van der Waals surface area contributed by atoms with Gasteiger partial charge in [-0.05, 0) is 36.5 Å². The van der Waals surface area contributed by atoms with Crippen molar-refractivity contribution < 1.29 is 14.3 Å². The van der Waals surface area contributed by atoms with Gasteiger partial charge in [-0.3, -0.25) is 4.79 Å². The molecule has 2 aliphatic carbocycles. The van der Waals surface area contributed by atoms with E-state index in [4.69, 9.17) is 9.47 Å². The molecule has 0 bridgehead atoms. The smallest absolute Gasteiger partial charge is 0.310 e. The first-order chi connectivity index (χ1) is 9.21. The molecule has 0 amide bonds. The Hall–Kier alpha value is -1.51. The predicted octanol–water partition coefficient (Wildman–Crippen LogP) is 2.78. The molecule has 3 heteroatoms. The summed E-state index contributed by atoms with van der Waals surface area (Å²) < 4.78 is 10.5. The molecule has 102 valence electrons. The highest BCUT2D eigenvalue weighted by molar-refractivity contribution is 5.84. The Morgan fingerprint density at radius 2 is 2.16 bits per heavy atom. The van der Waals surface area contributed by atoms with Gasteiger partial charge >= 0.3 is 5.97 Å². The molecule has 0 radical (unpaired) electrons.